The standard InChI is InChI=1S/C30H36N8O4/c1-6-7-16-37-24-25(34-27(37)36-15-9-11-20(17-36)33-28(40)42-30(2,3)4)35(5)29(41)38(26(24)39)18-21-14-13-19-10-8-12-22(31)23(19)32-21/h8,10,12-14,20H,9,11,15-18,31H2,1-5H3,(H,33,40)/t20-/m1/s1. The minimum Gasteiger partial charge on any atom is -0.444 e. The Morgan fingerprint density at radius 2 is 1.95 bits per heavy atom. The lowest BCUT2D eigenvalue weighted by atomic mass is 10.1. The molecular formula is C30H36N8O4. The van der Waals surface area contributed by atoms with E-state index in [2.05, 4.69) is 22.1 Å². The van der Waals surface area contributed by atoms with E-state index in [0.29, 0.717) is 35.9 Å². The number of imidazole rings is 1. The topological polar surface area (TPSA) is 142 Å². The lowest BCUT2D eigenvalue weighted by Crippen LogP contribution is -2.49. The summed E-state index contributed by atoms with van der Waals surface area (Å²) >= 11 is 0. The Labute approximate surface area is 243 Å². The van der Waals surface area contributed by atoms with Gasteiger partial charge in [-0.1, -0.05) is 24.1 Å². The van der Waals surface area contributed by atoms with E-state index in [4.69, 9.17) is 15.5 Å². The van der Waals surface area contributed by atoms with Gasteiger partial charge in [-0.2, -0.15) is 4.98 Å². The van der Waals surface area contributed by atoms with E-state index in [1.165, 1.54) is 9.13 Å². The highest BCUT2D eigenvalue weighted by molar-refractivity contribution is 5.89. The quantitative estimate of drug-likeness (QED) is 0.275. The molecule has 0 unspecified atom stereocenters. The Morgan fingerprint density at radius 1 is 1.17 bits per heavy atom. The molecule has 0 spiro atoms. The number of nitrogens with two attached hydrogens (primary N) is 1. The number of benzene rings is 1. The summed E-state index contributed by atoms with van der Waals surface area (Å²) in [5.41, 5.74) is 6.75. The zero-order valence-corrected chi connectivity index (χ0v) is 24.6. The number of amides is 1. The number of hydrogen-bond acceptors (Lipinski definition) is 8. The van der Waals surface area contributed by atoms with E-state index < -0.39 is 22.9 Å². The molecule has 1 saturated heterocycles. The van der Waals surface area contributed by atoms with Crippen molar-refractivity contribution in [1.29, 1.82) is 0 Å². The first kappa shape index (κ1) is 28.7. The molecule has 12 nitrogen and oxygen atoms in total. The van der Waals surface area contributed by atoms with Gasteiger partial charge in [0.05, 0.1) is 30.0 Å². The average Bonchev–Trinajstić information content (AvgIpc) is 3.32. The molecule has 12 heteroatoms. The van der Waals surface area contributed by atoms with Gasteiger partial charge in [0.25, 0.3) is 5.56 Å². The normalized spacial score (nSPS) is 15.5. The summed E-state index contributed by atoms with van der Waals surface area (Å²) in [6, 6.07) is 9.01. The molecule has 3 N–H and O–H groups in total. The number of hydrogen-bond donors (Lipinski definition) is 2. The van der Waals surface area contributed by atoms with E-state index >= 15 is 0 Å². The van der Waals surface area contributed by atoms with Crippen LogP contribution in [0.2, 0.25) is 0 Å². The zero-order valence-electron chi connectivity index (χ0n) is 24.6. The summed E-state index contributed by atoms with van der Waals surface area (Å²) in [7, 11) is 1.60. The van der Waals surface area contributed by atoms with Crippen LogP contribution in [0.3, 0.4) is 0 Å². The van der Waals surface area contributed by atoms with Gasteiger partial charge < -0.3 is 20.7 Å². The second kappa shape index (κ2) is 11.2. The van der Waals surface area contributed by atoms with Gasteiger partial charge in [0.1, 0.15) is 5.60 Å². The Morgan fingerprint density at radius 3 is 2.69 bits per heavy atom. The highest BCUT2D eigenvalue weighted by atomic mass is 16.6. The second-order valence-corrected chi connectivity index (χ2v) is 11.5. The van der Waals surface area contributed by atoms with Crippen molar-refractivity contribution in [2.24, 2.45) is 7.05 Å². The molecule has 0 saturated carbocycles. The van der Waals surface area contributed by atoms with Crippen LogP contribution in [-0.4, -0.2) is 54.5 Å². The zero-order chi connectivity index (χ0) is 30.2. The van der Waals surface area contributed by atoms with Crippen LogP contribution in [0.25, 0.3) is 22.1 Å². The smallest absolute Gasteiger partial charge is 0.407 e. The third-order valence-electron chi connectivity index (χ3n) is 7.18. The molecule has 1 atom stereocenters. The highest BCUT2D eigenvalue weighted by Crippen LogP contribution is 2.24. The van der Waals surface area contributed by atoms with Crippen LogP contribution in [0.5, 0.6) is 0 Å². The van der Waals surface area contributed by atoms with E-state index in [-0.39, 0.29) is 30.3 Å². The molecule has 4 heterocycles. The predicted molar refractivity (Wildman–Crippen MR) is 163 cm³/mol. The van der Waals surface area contributed by atoms with E-state index in [0.717, 1.165) is 18.2 Å². The molecule has 220 valence electrons. The van der Waals surface area contributed by atoms with Crippen LogP contribution in [0.1, 0.15) is 46.2 Å². The fourth-order valence-corrected chi connectivity index (χ4v) is 5.26. The number of anilines is 2. The van der Waals surface area contributed by atoms with Crippen molar-refractivity contribution in [2.45, 2.75) is 65.3 Å². The SMILES string of the molecule is CC#CCn1c(N2CCC[C@@H](NC(=O)OC(C)(C)C)C2)nc2c1c(=O)n(Cc1ccc3cccc(N)c3n1)c(=O)n2C. The van der Waals surface area contributed by atoms with Gasteiger partial charge in [0.2, 0.25) is 5.95 Å². The van der Waals surface area contributed by atoms with Gasteiger partial charge in [-0.05, 0) is 52.7 Å². The third-order valence-corrected chi connectivity index (χ3v) is 7.18. The van der Waals surface area contributed by atoms with Gasteiger partial charge in [-0.25, -0.2) is 14.6 Å². The maximum absolute atomic E-state index is 14.0. The number of aromatic nitrogens is 5. The molecule has 0 radical (unpaired) electrons. The lowest BCUT2D eigenvalue weighted by Gasteiger charge is -2.34. The molecule has 42 heavy (non-hydrogen) atoms. The predicted octanol–water partition coefficient (Wildman–Crippen LogP) is 2.59. The first-order valence-electron chi connectivity index (χ1n) is 13.9. The summed E-state index contributed by atoms with van der Waals surface area (Å²) < 4.78 is 9.74. The minimum absolute atomic E-state index is 0.0305. The maximum Gasteiger partial charge on any atom is 0.407 e. The molecular weight excluding hydrogens is 536 g/mol. The number of nitrogens with one attached hydrogen (secondary N) is 1. The minimum atomic E-state index is -0.606. The molecule has 4 aromatic rings. The highest BCUT2D eigenvalue weighted by Gasteiger charge is 2.29. The fraction of sp³-hybridized carbons (Fsp3) is 0.433. The Kier molecular flexibility index (Phi) is 7.69. The number of fused-ring (bicyclic) bond motifs is 2. The lowest BCUT2D eigenvalue weighted by molar-refractivity contribution is 0.0499. The number of para-hydroxylation sites is 1. The molecule has 0 aliphatic carbocycles. The summed E-state index contributed by atoms with van der Waals surface area (Å²) in [6.07, 6.45) is 1.09. The number of nitrogens with zero attached hydrogens (tertiary/aromatic N) is 6. The van der Waals surface area contributed by atoms with Crippen molar-refractivity contribution in [2.75, 3.05) is 23.7 Å². The van der Waals surface area contributed by atoms with Gasteiger partial charge in [-0.3, -0.25) is 18.5 Å². The van der Waals surface area contributed by atoms with Gasteiger partial charge in [-0.15, -0.1) is 5.92 Å². The number of ether oxygens (including phenoxy) is 1. The molecule has 1 fully saturated rings. The van der Waals surface area contributed by atoms with E-state index in [1.807, 2.05) is 43.9 Å². The molecule has 0 bridgehead atoms. The van der Waals surface area contributed by atoms with Gasteiger partial charge in [0, 0.05) is 31.6 Å². The van der Waals surface area contributed by atoms with Crippen LogP contribution < -0.4 is 27.2 Å². The summed E-state index contributed by atoms with van der Waals surface area (Å²) in [5, 5.41) is 3.82. The summed E-state index contributed by atoms with van der Waals surface area (Å²) in [6.45, 7) is 8.50. The van der Waals surface area contributed by atoms with Crippen LogP contribution >= 0.6 is 0 Å². The van der Waals surface area contributed by atoms with Crippen LogP contribution in [0.15, 0.2) is 39.9 Å². The number of carbonyl (C=O) groups excluding carboxylic acids is 1. The van der Waals surface area contributed by atoms with Crippen molar-refractivity contribution in [3.8, 4) is 11.8 Å². The van der Waals surface area contributed by atoms with E-state index in [1.54, 1.807) is 30.7 Å². The molecule has 1 amide bonds. The largest absolute Gasteiger partial charge is 0.444 e. The summed E-state index contributed by atoms with van der Waals surface area (Å²) in [5.74, 6) is 6.45. The van der Waals surface area contributed by atoms with Crippen molar-refractivity contribution in [1.82, 2.24) is 29.0 Å². The number of aryl methyl sites for hydroxylation is 1. The number of alkyl carbamates (subject to hydrolysis) is 1. The Balaban J connectivity index is 1.55. The monoisotopic (exact) mass is 572 g/mol. The van der Waals surface area contributed by atoms with Crippen molar-refractivity contribution in [3.63, 3.8) is 0 Å². The van der Waals surface area contributed by atoms with Crippen molar-refractivity contribution < 1.29 is 9.53 Å². The van der Waals surface area contributed by atoms with Crippen LogP contribution in [0, 0.1) is 11.8 Å². The first-order chi connectivity index (χ1) is 20.0. The summed E-state index contributed by atoms with van der Waals surface area (Å²) in [4.78, 5) is 51.3. The molecule has 1 aliphatic rings. The van der Waals surface area contributed by atoms with Crippen LogP contribution in [0.4, 0.5) is 16.4 Å². The van der Waals surface area contributed by atoms with Gasteiger partial charge >= 0.3 is 11.8 Å². The Bertz CT molecular complexity index is 1850. The molecule has 1 aromatic carbocycles. The molecule has 1 aliphatic heterocycles. The second-order valence-electron chi connectivity index (χ2n) is 11.5. The average molecular weight is 573 g/mol. The molecule has 5 rings (SSSR count). The van der Waals surface area contributed by atoms with Crippen molar-refractivity contribution >= 4 is 39.8 Å². The number of pyridine rings is 1. The Hall–Kier alpha value is -4.79. The number of nitrogen functional groups attached to an aromatic ring is 1. The number of rotatable bonds is 5. The van der Waals surface area contributed by atoms with Crippen LogP contribution in [-0.2, 0) is 24.9 Å². The number of piperidine rings is 1. The first-order valence-corrected chi connectivity index (χ1v) is 13.9. The van der Waals surface area contributed by atoms with Crippen molar-refractivity contribution in [3.05, 3.63) is 56.9 Å². The van der Waals surface area contributed by atoms with Gasteiger partial charge in [0.15, 0.2) is 11.2 Å². The molecule has 3 aromatic heterocycles. The maximum atomic E-state index is 14.0. The third kappa shape index (κ3) is 5.68. The number of carbonyl (C=O) groups is 1. The fourth-order valence-electron chi connectivity index (χ4n) is 5.26. The van der Waals surface area contributed by atoms with E-state index in [9.17, 15) is 14.4 Å².